The Morgan fingerprint density at radius 3 is 2.15 bits per heavy atom. The van der Waals surface area contributed by atoms with Gasteiger partial charge in [-0.1, -0.05) is 50.6 Å². The van der Waals surface area contributed by atoms with Gasteiger partial charge in [0.2, 0.25) is 0 Å². The van der Waals surface area contributed by atoms with E-state index in [1.165, 1.54) is 11.1 Å². The third kappa shape index (κ3) is 6.10. The summed E-state index contributed by atoms with van der Waals surface area (Å²) >= 11 is 0. The van der Waals surface area contributed by atoms with Gasteiger partial charge >= 0.3 is 0 Å². The molecule has 4 heteroatoms. The number of ether oxygens (including phenoxy) is 2. The van der Waals surface area contributed by atoms with Gasteiger partial charge in [-0.15, -0.1) is 0 Å². The number of hydrogen-bond donors (Lipinski definition) is 1. The molecule has 0 saturated carbocycles. The van der Waals surface area contributed by atoms with Gasteiger partial charge in [-0.2, -0.15) is 0 Å². The summed E-state index contributed by atoms with van der Waals surface area (Å²) in [7, 11) is 0. The van der Waals surface area contributed by atoms with Gasteiger partial charge in [0.15, 0.2) is 6.10 Å². The first-order valence-electron chi connectivity index (χ1n) is 9.00. The molecule has 0 radical (unpaired) electrons. The summed E-state index contributed by atoms with van der Waals surface area (Å²) in [5, 5.41) is 2.83. The van der Waals surface area contributed by atoms with E-state index in [0.29, 0.717) is 18.9 Å². The molecule has 2 rings (SSSR count). The average Bonchev–Trinajstić information content (AvgIpc) is 2.59. The van der Waals surface area contributed by atoms with E-state index in [9.17, 15) is 4.79 Å². The van der Waals surface area contributed by atoms with Gasteiger partial charge in [-0.25, -0.2) is 0 Å². The molecule has 1 amide bonds. The molecule has 1 atom stereocenters. The molecule has 0 spiro atoms. The average molecular weight is 355 g/mol. The SMILES string of the molecule is Cc1ccc(OCCNC(=O)C(C)Oc2ccc(C(C)(C)C)cc2)cc1. The standard InChI is InChI=1S/C22H29NO3/c1-16-6-10-19(11-7-16)25-15-14-23-21(24)17(2)26-20-12-8-18(9-13-20)22(3,4)5/h6-13,17H,14-15H2,1-5H3,(H,23,24). The Hall–Kier alpha value is -2.49. The Morgan fingerprint density at radius 2 is 1.58 bits per heavy atom. The Morgan fingerprint density at radius 1 is 1.00 bits per heavy atom. The van der Waals surface area contributed by atoms with Crippen LogP contribution in [0.5, 0.6) is 11.5 Å². The molecule has 1 N–H and O–H groups in total. The van der Waals surface area contributed by atoms with Crippen LogP contribution in [0.4, 0.5) is 0 Å². The lowest BCUT2D eigenvalue weighted by molar-refractivity contribution is -0.127. The zero-order valence-electron chi connectivity index (χ0n) is 16.3. The maximum Gasteiger partial charge on any atom is 0.260 e. The molecule has 2 aromatic rings. The zero-order chi connectivity index (χ0) is 19.2. The molecule has 0 aliphatic rings. The van der Waals surface area contributed by atoms with Crippen LogP contribution in [0.3, 0.4) is 0 Å². The number of benzene rings is 2. The van der Waals surface area contributed by atoms with Gasteiger partial charge in [-0.05, 0) is 49.1 Å². The number of aryl methyl sites for hydroxylation is 1. The number of carbonyl (C=O) groups is 1. The number of nitrogens with one attached hydrogen (secondary N) is 1. The van der Waals surface area contributed by atoms with Crippen molar-refractivity contribution in [2.24, 2.45) is 0 Å². The van der Waals surface area contributed by atoms with Crippen molar-refractivity contribution in [2.45, 2.75) is 46.1 Å². The zero-order valence-corrected chi connectivity index (χ0v) is 16.3. The van der Waals surface area contributed by atoms with E-state index in [1.807, 2.05) is 55.5 Å². The maximum absolute atomic E-state index is 12.1. The van der Waals surface area contributed by atoms with Crippen LogP contribution in [-0.2, 0) is 10.2 Å². The molecule has 26 heavy (non-hydrogen) atoms. The van der Waals surface area contributed by atoms with Crippen molar-refractivity contribution < 1.29 is 14.3 Å². The van der Waals surface area contributed by atoms with Gasteiger partial charge in [-0.3, -0.25) is 4.79 Å². The summed E-state index contributed by atoms with van der Waals surface area (Å²) in [6, 6.07) is 15.7. The molecular weight excluding hydrogens is 326 g/mol. The van der Waals surface area contributed by atoms with Crippen molar-refractivity contribution in [1.82, 2.24) is 5.32 Å². The smallest absolute Gasteiger partial charge is 0.260 e. The van der Waals surface area contributed by atoms with Crippen LogP contribution in [0.15, 0.2) is 48.5 Å². The van der Waals surface area contributed by atoms with E-state index in [4.69, 9.17) is 9.47 Å². The van der Waals surface area contributed by atoms with Crippen molar-refractivity contribution in [3.05, 3.63) is 59.7 Å². The highest BCUT2D eigenvalue weighted by Crippen LogP contribution is 2.24. The Balaban J connectivity index is 1.74. The second-order valence-electron chi connectivity index (χ2n) is 7.49. The van der Waals surface area contributed by atoms with E-state index >= 15 is 0 Å². The lowest BCUT2D eigenvalue weighted by Crippen LogP contribution is -2.38. The Kier molecular flexibility index (Phi) is 6.67. The number of rotatable bonds is 7. The summed E-state index contributed by atoms with van der Waals surface area (Å²) in [6.07, 6.45) is -0.560. The minimum Gasteiger partial charge on any atom is -0.492 e. The molecule has 1 unspecified atom stereocenters. The minimum atomic E-state index is -0.560. The summed E-state index contributed by atoms with van der Waals surface area (Å²) in [5.41, 5.74) is 2.52. The fraction of sp³-hybridized carbons (Fsp3) is 0.409. The molecule has 0 bridgehead atoms. The molecule has 2 aromatic carbocycles. The highest BCUT2D eigenvalue weighted by atomic mass is 16.5. The third-order valence-corrected chi connectivity index (χ3v) is 4.09. The quantitative estimate of drug-likeness (QED) is 0.755. The fourth-order valence-corrected chi connectivity index (χ4v) is 2.41. The third-order valence-electron chi connectivity index (χ3n) is 4.09. The highest BCUT2D eigenvalue weighted by Gasteiger charge is 2.16. The van der Waals surface area contributed by atoms with E-state index in [2.05, 4.69) is 26.1 Å². The summed E-state index contributed by atoms with van der Waals surface area (Å²) < 4.78 is 11.3. The molecule has 0 aromatic heterocycles. The van der Waals surface area contributed by atoms with E-state index < -0.39 is 6.10 Å². The topological polar surface area (TPSA) is 47.6 Å². The molecule has 0 aliphatic heterocycles. The molecule has 0 heterocycles. The number of amides is 1. The van der Waals surface area contributed by atoms with Crippen LogP contribution < -0.4 is 14.8 Å². The van der Waals surface area contributed by atoms with E-state index in [1.54, 1.807) is 6.92 Å². The van der Waals surface area contributed by atoms with Crippen LogP contribution in [0.2, 0.25) is 0 Å². The first-order valence-corrected chi connectivity index (χ1v) is 9.00. The van der Waals surface area contributed by atoms with Crippen molar-refractivity contribution in [2.75, 3.05) is 13.2 Å². The second kappa shape index (κ2) is 8.75. The molecular formula is C22H29NO3. The van der Waals surface area contributed by atoms with Crippen molar-refractivity contribution >= 4 is 5.91 Å². The number of carbonyl (C=O) groups excluding carboxylic acids is 1. The van der Waals surface area contributed by atoms with Crippen LogP contribution in [0.1, 0.15) is 38.8 Å². The predicted molar refractivity (Wildman–Crippen MR) is 105 cm³/mol. The van der Waals surface area contributed by atoms with Crippen LogP contribution in [-0.4, -0.2) is 25.2 Å². The van der Waals surface area contributed by atoms with E-state index in [-0.39, 0.29) is 11.3 Å². The first-order chi connectivity index (χ1) is 12.3. The maximum atomic E-state index is 12.1. The van der Waals surface area contributed by atoms with Gasteiger partial charge < -0.3 is 14.8 Å². The Bertz CT molecular complexity index is 700. The van der Waals surface area contributed by atoms with Crippen LogP contribution in [0, 0.1) is 6.92 Å². The minimum absolute atomic E-state index is 0.0962. The summed E-state index contributed by atoms with van der Waals surface area (Å²) in [5.74, 6) is 1.34. The predicted octanol–water partition coefficient (Wildman–Crippen LogP) is 4.26. The molecule has 4 nitrogen and oxygen atoms in total. The van der Waals surface area contributed by atoms with Gasteiger partial charge in [0.25, 0.3) is 5.91 Å². The monoisotopic (exact) mass is 355 g/mol. The van der Waals surface area contributed by atoms with Crippen molar-refractivity contribution in [3.8, 4) is 11.5 Å². The van der Waals surface area contributed by atoms with Gasteiger partial charge in [0.05, 0.1) is 6.54 Å². The lowest BCUT2D eigenvalue weighted by Gasteiger charge is -2.20. The summed E-state index contributed by atoms with van der Waals surface area (Å²) in [4.78, 5) is 12.1. The highest BCUT2D eigenvalue weighted by molar-refractivity contribution is 5.80. The van der Waals surface area contributed by atoms with E-state index in [0.717, 1.165) is 5.75 Å². The molecule has 0 saturated heterocycles. The second-order valence-corrected chi connectivity index (χ2v) is 7.49. The summed E-state index contributed by atoms with van der Waals surface area (Å²) in [6.45, 7) is 11.1. The van der Waals surface area contributed by atoms with Gasteiger partial charge in [0, 0.05) is 0 Å². The molecule has 0 fully saturated rings. The van der Waals surface area contributed by atoms with Crippen molar-refractivity contribution in [1.29, 1.82) is 0 Å². The van der Waals surface area contributed by atoms with Crippen molar-refractivity contribution in [3.63, 3.8) is 0 Å². The van der Waals surface area contributed by atoms with Gasteiger partial charge in [0.1, 0.15) is 18.1 Å². The van der Waals surface area contributed by atoms with Crippen LogP contribution >= 0.6 is 0 Å². The largest absolute Gasteiger partial charge is 0.492 e. The lowest BCUT2D eigenvalue weighted by atomic mass is 9.87. The Labute approximate surface area is 156 Å². The van der Waals surface area contributed by atoms with Crippen LogP contribution in [0.25, 0.3) is 0 Å². The molecule has 0 aliphatic carbocycles. The molecule has 140 valence electrons. The first kappa shape index (κ1) is 19.8. The fourth-order valence-electron chi connectivity index (χ4n) is 2.41. The number of hydrogen-bond acceptors (Lipinski definition) is 3. The normalized spacial score (nSPS) is 12.3.